The van der Waals surface area contributed by atoms with Crippen molar-refractivity contribution in [1.29, 1.82) is 0 Å². The first kappa shape index (κ1) is 13.1. The van der Waals surface area contributed by atoms with E-state index in [4.69, 9.17) is 4.74 Å². The molecule has 4 heteroatoms. The Morgan fingerprint density at radius 1 is 1.26 bits per heavy atom. The molecule has 0 bridgehead atoms. The van der Waals surface area contributed by atoms with Crippen LogP contribution in [0.5, 0.6) is 0 Å². The van der Waals surface area contributed by atoms with Gasteiger partial charge in [0.1, 0.15) is 0 Å². The summed E-state index contributed by atoms with van der Waals surface area (Å²) in [5.74, 6) is 0. The van der Waals surface area contributed by atoms with Crippen molar-refractivity contribution in [2.24, 2.45) is 0 Å². The lowest BCUT2D eigenvalue weighted by Gasteiger charge is -2.22. The van der Waals surface area contributed by atoms with E-state index >= 15 is 0 Å². The van der Waals surface area contributed by atoms with Gasteiger partial charge in [-0.05, 0) is 31.7 Å². The highest BCUT2D eigenvalue weighted by Crippen LogP contribution is 2.27. The average Bonchev–Trinajstić information content (AvgIpc) is 3.11. The van der Waals surface area contributed by atoms with E-state index in [0.717, 1.165) is 25.1 Å². The molecule has 0 spiro atoms. The zero-order valence-electron chi connectivity index (χ0n) is 11.5. The van der Waals surface area contributed by atoms with Crippen LogP contribution < -0.4 is 0 Å². The number of ether oxygens (including phenoxy) is 1. The third-order valence-corrected chi connectivity index (χ3v) is 4.42. The molecule has 1 aromatic rings. The van der Waals surface area contributed by atoms with E-state index in [0.29, 0.717) is 12.5 Å². The van der Waals surface area contributed by atoms with Crippen molar-refractivity contribution in [2.75, 3.05) is 6.61 Å². The summed E-state index contributed by atoms with van der Waals surface area (Å²) < 4.78 is 7.63. The number of aliphatic hydroxyl groups is 1. The van der Waals surface area contributed by atoms with Crippen LogP contribution in [-0.4, -0.2) is 33.7 Å². The topological polar surface area (TPSA) is 47.3 Å². The van der Waals surface area contributed by atoms with E-state index in [1.165, 1.54) is 32.1 Å². The molecule has 2 aliphatic rings. The molecule has 1 saturated heterocycles. The van der Waals surface area contributed by atoms with Gasteiger partial charge < -0.3 is 9.84 Å². The minimum Gasteiger partial charge on any atom is -0.390 e. The van der Waals surface area contributed by atoms with Crippen LogP contribution in [0.1, 0.15) is 56.7 Å². The molecule has 3 rings (SSSR count). The van der Waals surface area contributed by atoms with Crippen LogP contribution in [-0.2, 0) is 11.2 Å². The number of hydrogen-bond acceptors (Lipinski definition) is 3. The Bertz CT molecular complexity index is 393. The van der Waals surface area contributed by atoms with Gasteiger partial charge in [0.05, 0.1) is 23.9 Å². The van der Waals surface area contributed by atoms with Crippen molar-refractivity contribution >= 4 is 0 Å². The largest absolute Gasteiger partial charge is 0.390 e. The van der Waals surface area contributed by atoms with Crippen LogP contribution in [0, 0.1) is 0 Å². The predicted octanol–water partition coefficient (Wildman–Crippen LogP) is 2.47. The molecule has 2 heterocycles. The fourth-order valence-electron chi connectivity index (χ4n) is 3.29. The highest BCUT2D eigenvalue weighted by molar-refractivity contribution is 5.02. The maximum Gasteiger partial charge on any atom is 0.0857 e. The van der Waals surface area contributed by atoms with Crippen LogP contribution in [0.2, 0.25) is 0 Å². The first-order chi connectivity index (χ1) is 9.33. The first-order valence-corrected chi connectivity index (χ1v) is 7.66. The lowest BCUT2D eigenvalue weighted by molar-refractivity contribution is -0.00130. The first-order valence-electron chi connectivity index (χ1n) is 7.66. The molecule has 2 atom stereocenters. The van der Waals surface area contributed by atoms with Crippen molar-refractivity contribution in [1.82, 2.24) is 9.78 Å². The highest BCUT2D eigenvalue weighted by atomic mass is 16.5. The van der Waals surface area contributed by atoms with Crippen molar-refractivity contribution in [2.45, 2.75) is 69.6 Å². The zero-order valence-corrected chi connectivity index (χ0v) is 11.5. The van der Waals surface area contributed by atoms with Crippen LogP contribution >= 0.6 is 0 Å². The summed E-state index contributed by atoms with van der Waals surface area (Å²) in [5, 5.41) is 14.8. The Kier molecular flexibility index (Phi) is 4.18. The second-order valence-electron chi connectivity index (χ2n) is 5.90. The molecule has 2 fully saturated rings. The monoisotopic (exact) mass is 264 g/mol. The van der Waals surface area contributed by atoms with Gasteiger partial charge >= 0.3 is 0 Å². The molecular weight excluding hydrogens is 240 g/mol. The Hall–Kier alpha value is -0.870. The third kappa shape index (κ3) is 3.18. The second kappa shape index (κ2) is 6.06. The summed E-state index contributed by atoms with van der Waals surface area (Å²) in [4.78, 5) is 0. The van der Waals surface area contributed by atoms with Crippen molar-refractivity contribution in [3.8, 4) is 0 Å². The van der Waals surface area contributed by atoms with Gasteiger partial charge in [-0.2, -0.15) is 5.10 Å². The van der Waals surface area contributed by atoms with E-state index in [1.54, 1.807) is 0 Å². The minimum atomic E-state index is -0.405. The smallest absolute Gasteiger partial charge is 0.0857 e. The van der Waals surface area contributed by atoms with Crippen molar-refractivity contribution in [3.63, 3.8) is 0 Å². The molecule has 1 N–H and O–H groups in total. The number of aliphatic hydroxyl groups excluding tert-OH is 1. The van der Waals surface area contributed by atoms with Gasteiger partial charge in [-0.15, -0.1) is 0 Å². The molecule has 0 aromatic carbocycles. The third-order valence-electron chi connectivity index (χ3n) is 4.42. The summed E-state index contributed by atoms with van der Waals surface area (Å²) >= 11 is 0. The maximum atomic E-state index is 10.1. The van der Waals surface area contributed by atoms with E-state index in [9.17, 15) is 5.11 Å². The normalized spacial score (nSPS) is 26.7. The maximum absolute atomic E-state index is 10.1. The van der Waals surface area contributed by atoms with E-state index in [1.807, 2.05) is 6.07 Å². The summed E-state index contributed by atoms with van der Waals surface area (Å²) in [6.45, 7) is 0.790. The summed E-state index contributed by atoms with van der Waals surface area (Å²) in [7, 11) is 0. The van der Waals surface area contributed by atoms with Gasteiger partial charge in [-0.3, -0.25) is 4.68 Å². The quantitative estimate of drug-likeness (QED) is 0.908. The summed E-state index contributed by atoms with van der Waals surface area (Å²) in [5.41, 5.74) is 0.994. The lowest BCUT2D eigenvalue weighted by Crippen LogP contribution is -2.27. The van der Waals surface area contributed by atoms with Gasteiger partial charge in [0, 0.05) is 19.2 Å². The van der Waals surface area contributed by atoms with Gasteiger partial charge in [0.2, 0.25) is 0 Å². The average molecular weight is 264 g/mol. The number of nitrogens with zero attached hydrogens (tertiary/aromatic N) is 2. The molecular formula is C15H24N2O2. The molecule has 4 nitrogen and oxygen atoms in total. The molecule has 0 radical (unpaired) electrons. The summed E-state index contributed by atoms with van der Waals surface area (Å²) in [6.07, 6.45) is 10.8. The second-order valence-corrected chi connectivity index (χ2v) is 5.90. The van der Waals surface area contributed by atoms with Gasteiger partial charge in [0.25, 0.3) is 0 Å². The standard InChI is InChI=1S/C15H24N2O2/c18-14(15-7-4-10-19-15)11-12-8-9-17(16-12)13-5-2-1-3-6-13/h8-9,13-15,18H,1-7,10-11H2. The molecule has 2 unspecified atom stereocenters. The van der Waals surface area contributed by atoms with E-state index < -0.39 is 6.10 Å². The molecule has 1 saturated carbocycles. The Labute approximate surface area is 114 Å². The van der Waals surface area contributed by atoms with Crippen molar-refractivity contribution < 1.29 is 9.84 Å². The van der Waals surface area contributed by atoms with E-state index in [-0.39, 0.29) is 6.10 Å². The van der Waals surface area contributed by atoms with Crippen molar-refractivity contribution in [3.05, 3.63) is 18.0 Å². The molecule has 1 aliphatic carbocycles. The van der Waals surface area contributed by atoms with Gasteiger partial charge in [0.15, 0.2) is 0 Å². The van der Waals surface area contributed by atoms with Crippen LogP contribution in [0.15, 0.2) is 12.3 Å². The zero-order chi connectivity index (χ0) is 13.1. The van der Waals surface area contributed by atoms with E-state index in [2.05, 4.69) is 16.0 Å². The highest BCUT2D eigenvalue weighted by Gasteiger charge is 2.25. The van der Waals surface area contributed by atoms with Gasteiger partial charge in [-0.25, -0.2) is 0 Å². The fraction of sp³-hybridized carbons (Fsp3) is 0.800. The van der Waals surface area contributed by atoms with Crippen LogP contribution in [0.25, 0.3) is 0 Å². The van der Waals surface area contributed by atoms with Gasteiger partial charge in [-0.1, -0.05) is 19.3 Å². The Morgan fingerprint density at radius 2 is 2.11 bits per heavy atom. The number of aromatic nitrogens is 2. The number of rotatable bonds is 4. The predicted molar refractivity (Wildman–Crippen MR) is 73.0 cm³/mol. The Balaban J connectivity index is 1.57. The molecule has 1 aromatic heterocycles. The molecule has 1 aliphatic heterocycles. The number of hydrogen-bond donors (Lipinski definition) is 1. The van der Waals surface area contributed by atoms with Crippen LogP contribution in [0.4, 0.5) is 0 Å². The fourth-order valence-corrected chi connectivity index (χ4v) is 3.29. The molecule has 0 amide bonds. The summed E-state index contributed by atoms with van der Waals surface area (Å²) in [6, 6.07) is 2.62. The molecule has 19 heavy (non-hydrogen) atoms. The van der Waals surface area contributed by atoms with Crippen LogP contribution in [0.3, 0.4) is 0 Å². The minimum absolute atomic E-state index is 0.0137. The Morgan fingerprint density at radius 3 is 2.84 bits per heavy atom. The SMILES string of the molecule is OC(Cc1ccn(C2CCCCC2)n1)C1CCCO1. The molecule has 106 valence electrons. The lowest BCUT2D eigenvalue weighted by atomic mass is 9.96.